The number of fused-ring (bicyclic) bond motifs is 1. The molecule has 0 saturated carbocycles. The minimum absolute atomic E-state index is 0.00956. The van der Waals surface area contributed by atoms with Crippen LogP contribution >= 0.6 is 34.8 Å². The van der Waals surface area contributed by atoms with Gasteiger partial charge in [-0.15, -0.1) is 14.8 Å². The molecule has 0 aliphatic rings. The highest BCUT2D eigenvalue weighted by atomic mass is 35.6. The van der Waals surface area contributed by atoms with Crippen LogP contribution < -0.4 is 14.2 Å². The summed E-state index contributed by atoms with van der Waals surface area (Å²) in [6, 6.07) is 5.28. The maximum atomic E-state index is 13.0. The Morgan fingerprint density at radius 1 is 1.00 bits per heavy atom. The fraction of sp³-hybridized carbons (Fsp3) is 0.312. The summed E-state index contributed by atoms with van der Waals surface area (Å²) < 4.78 is 56.4. The molecule has 33 heavy (non-hydrogen) atoms. The molecule has 0 atom stereocenters. The lowest BCUT2D eigenvalue weighted by Crippen LogP contribution is -2.26. The van der Waals surface area contributed by atoms with Crippen molar-refractivity contribution < 1.29 is 26.4 Å². The van der Waals surface area contributed by atoms with Crippen LogP contribution in [-0.4, -0.2) is 65.0 Å². The number of carbonyl (C=O) groups excluding carboxylic acids is 1. The normalized spacial score (nSPS) is 12.7. The second-order valence-electron chi connectivity index (χ2n) is 6.77. The van der Waals surface area contributed by atoms with Crippen LogP contribution in [0.25, 0.3) is 17.0 Å². The molecule has 2 aromatic heterocycles. The van der Waals surface area contributed by atoms with Gasteiger partial charge in [-0.3, -0.25) is 14.2 Å². The predicted molar refractivity (Wildman–Crippen MR) is 125 cm³/mol. The van der Waals surface area contributed by atoms with Crippen molar-refractivity contribution in [1.82, 2.24) is 19.4 Å². The molecular weight excluding hydrogens is 543 g/mol. The number of nitrogens with one attached hydrogen (secondary N) is 2. The highest BCUT2D eigenvalue weighted by Crippen LogP contribution is 2.34. The average Bonchev–Trinajstić information content (AvgIpc) is 3.14. The quantitative estimate of drug-likeness (QED) is 0.418. The van der Waals surface area contributed by atoms with Crippen LogP contribution in [0.3, 0.4) is 0 Å². The number of rotatable bonds is 7. The molecule has 0 radical (unpaired) electrons. The summed E-state index contributed by atoms with van der Waals surface area (Å²) in [5.74, 6) is -0.957. The lowest BCUT2D eigenvalue weighted by Gasteiger charge is -2.14. The molecule has 17 heteroatoms. The summed E-state index contributed by atoms with van der Waals surface area (Å²) in [5, 5.41) is 8.33. The van der Waals surface area contributed by atoms with E-state index in [-0.39, 0.29) is 34.3 Å². The highest BCUT2D eigenvalue weighted by molar-refractivity contribution is 7.92. The number of sulfonamides is 2. The van der Waals surface area contributed by atoms with E-state index in [4.69, 9.17) is 39.5 Å². The second kappa shape index (κ2) is 8.83. The SMILES string of the molecule is CCOc1cc2n(C(=O)C(Cl)(Cl)Cl)c(-c3cc(NS(C)(=O)=O)cc(NS(C)(=O)=O)c3)nn2n1. The van der Waals surface area contributed by atoms with Gasteiger partial charge in [-0.05, 0) is 25.1 Å². The number of nitrogens with zero attached hydrogens (tertiary/aromatic N) is 4. The molecule has 2 N–H and O–H groups in total. The molecular formula is C16H17Cl3N6O6S2. The molecule has 0 aliphatic carbocycles. The van der Waals surface area contributed by atoms with Crippen LogP contribution in [0.5, 0.6) is 5.88 Å². The maximum absolute atomic E-state index is 13.0. The highest BCUT2D eigenvalue weighted by Gasteiger charge is 2.36. The van der Waals surface area contributed by atoms with E-state index >= 15 is 0 Å². The number of hydrogen-bond acceptors (Lipinski definition) is 8. The number of halogens is 3. The topological polar surface area (TPSA) is 154 Å². The first-order valence-electron chi connectivity index (χ1n) is 8.91. The minimum Gasteiger partial charge on any atom is -0.477 e. The molecule has 0 spiro atoms. The lowest BCUT2D eigenvalue weighted by atomic mass is 10.1. The summed E-state index contributed by atoms with van der Waals surface area (Å²) in [5.41, 5.74) is 0.180. The van der Waals surface area contributed by atoms with Gasteiger partial charge in [0, 0.05) is 11.6 Å². The summed E-state index contributed by atoms with van der Waals surface area (Å²) >= 11 is 17.5. The fourth-order valence-corrected chi connectivity index (χ4v) is 4.19. The first kappa shape index (κ1) is 25.4. The molecule has 0 amide bonds. The van der Waals surface area contributed by atoms with E-state index in [1.165, 1.54) is 24.3 Å². The number of hydrogen-bond donors (Lipinski definition) is 2. The zero-order chi connectivity index (χ0) is 24.8. The van der Waals surface area contributed by atoms with Gasteiger partial charge in [-0.2, -0.15) is 0 Å². The third kappa shape index (κ3) is 6.20. The Kier molecular flexibility index (Phi) is 6.79. The van der Waals surface area contributed by atoms with Gasteiger partial charge < -0.3 is 4.74 Å². The van der Waals surface area contributed by atoms with Gasteiger partial charge in [0.1, 0.15) is 0 Å². The Balaban J connectivity index is 2.29. The maximum Gasteiger partial charge on any atom is 0.286 e. The Hall–Kier alpha value is -2.26. The van der Waals surface area contributed by atoms with Gasteiger partial charge >= 0.3 is 0 Å². The summed E-state index contributed by atoms with van der Waals surface area (Å²) in [6.45, 7) is 2.03. The van der Waals surface area contributed by atoms with Crippen molar-refractivity contribution in [2.24, 2.45) is 0 Å². The molecule has 12 nitrogen and oxygen atoms in total. The first-order chi connectivity index (χ1) is 15.1. The van der Waals surface area contributed by atoms with Crippen LogP contribution in [0.4, 0.5) is 11.4 Å². The van der Waals surface area contributed by atoms with Crippen molar-refractivity contribution in [3.05, 3.63) is 24.3 Å². The lowest BCUT2D eigenvalue weighted by molar-refractivity contribution is 0.0924. The number of benzene rings is 1. The van der Waals surface area contributed by atoms with E-state index < -0.39 is 29.7 Å². The summed E-state index contributed by atoms with van der Waals surface area (Å²) in [4.78, 5) is 13.0. The van der Waals surface area contributed by atoms with Crippen molar-refractivity contribution >= 4 is 77.8 Å². The van der Waals surface area contributed by atoms with Crippen LogP contribution in [0.1, 0.15) is 11.7 Å². The van der Waals surface area contributed by atoms with Gasteiger partial charge in [0.15, 0.2) is 11.5 Å². The first-order valence-corrected chi connectivity index (χ1v) is 13.8. The van der Waals surface area contributed by atoms with Crippen LogP contribution in [0, 0.1) is 0 Å². The van der Waals surface area contributed by atoms with Crippen molar-refractivity contribution in [2.45, 2.75) is 10.7 Å². The number of carbonyl (C=O) groups is 1. The minimum atomic E-state index is -3.73. The molecule has 0 unspecified atom stereocenters. The molecule has 180 valence electrons. The van der Waals surface area contributed by atoms with E-state index in [9.17, 15) is 21.6 Å². The summed E-state index contributed by atoms with van der Waals surface area (Å²) in [7, 11) is -7.46. The summed E-state index contributed by atoms with van der Waals surface area (Å²) in [6.07, 6.45) is 1.83. The molecule has 3 rings (SSSR count). The predicted octanol–water partition coefficient (Wildman–Crippen LogP) is 2.35. The molecule has 0 bridgehead atoms. The number of aromatic nitrogens is 4. The van der Waals surface area contributed by atoms with Crippen molar-refractivity contribution in [1.29, 1.82) is 0 Å². The van der Waals surface area contributed by atoms with Gasteiger partial charge in [0.05, 0.1) is 30.5 Å². The molecule has 1 aromatic carbocycles. The zero-order valence-electron chi connectivity index (χ0n) is 17.2. The monoisotopic (exact) mass is 558 g/mol. The van der Waals surface area contributed by atoms with Crippen LogP contribution in [0.15, 0.2) is 24.3 Å². The standard InChI is InChI=1S/C16H17Cl3N6O6S2/c1-4-31-12-8-13-24(15(26)16(17,18)19)14(21-25(13)20-12)9-5-10(22-32(2,27)28)7-11(6-9)23-33(3,29)30/h5-8,22-23H,4H2,1-3H3. The van der Waals surface area contributed by atoms with E-state index in [1.807, 2.05) is 0 Å². The van der Waals surface area contributed by atoms with Crippen molar-refractivity contribution in [2.75, 3.05) is 28.6 Å². The second-order valence-corrected chi connectivity index (χ2v) is 12.6. The smallest absolute Gasteiger partial charge is 0.286 e. The Bertz CT molecular complexity index is 1390. The largest absolute Gasteiger partial charge is 0.477 e. The van der Waals surface area contributed by atoms with Gasteiger partial charge in [0.2, 0.25) is 25.9 Å². The van der Waals surface area contributed by atoms with Crippen LogP contribution in [0.2, 0.25) is 0 Å². The molecule has 2 heterocycles. The van der Waals surface area contributed by atoms with Crippen molar-refractivity contribution in [3.8, 4) is 17.3 Å². The van der Waals surface area contributed by atoms with E-state index in [1.54, 1.807) is 6.92 Å². The third-order valence-electron chi connectivity index (χ3n) is 3.82. The van der Waals surface area contributed by atoms with E-state index in [0.29, 0.717) is 6.61 Å². The molecule has 0 saturated heterocycles. The third-order valence-corrected chi connectivity index (χ3v) is 5.51. The molecule has 3 aromatic rings. The molecule has 0 fully saturated rings. The van der Waals surface area contributed by atoms with Crippen molar-refractivity contribution in [3.63, 3.8) is 0 Å². The molecule has 0 aliphatic heterocycles. The van der Waals surface area contributed by atoms with Gasteiger partial charge in [-0.25, -0.2) is 21.4 Å². The van der Waals surface area contributed by atoms with Crippen LogP contribution in [-0.2, 0) is 20.0 Å². The fourth-order valence-electron chi connectivity index (χ4n) is 2.85. The van der Waals surface area contributed by atoms with Gasteiger partial charge in [-0.1, -0.05) is 34.8 Å². The average molecular weight is 560 g/mol. The Morgan fingerprint density at radius 2 is 1.55 bits per heavy atom. The number of alkyl halides is 3. The Labute approximate surface area is 203 Å². The Morgan fingerprint density at radius 3 is 2.00 bits per heavy atom. The zero-order valence-corrected chi connectivity index (χ0v) is 21.1. The van der Waals surface area contributed by atoms with E-state index in [2.05, 4.69) is 19.6 Å². The van der Waals surface area contributed by atoms with E-state index in [0.717, 1.165) is 21.7 Å². The number of ether oxygens (including phenoxy) is 1. The number of anilines is 2. The van der Waals surface area contributed by atoms with Gasteiger partial charge in [0.25, 0.3) is 9.70 Å².